The molecule has 12 nitrogen and oxygen atoms in total. The number of amides is 1. The molecule has 1 saturated carbocycles. The first kappa shape index (κ1) is 29.4. The first-order valence-corrected chi connectivity index (χ1v) is 15.7. The summed E-state index contributed by atoms with van der Waals surface area (Å²) in [4.78, 5) is 29.0. The number of halogens is 1. The molecule has 2 N–H and O–H groups in total. The van der Waals surface area contributed by atoms with Gasteiger partial charge >= 0.3 is 0 Å². The maximum atomic E-state index is 14.4. The minimum absolute atomic E-state index is 0.0787. The van der Waals surface area contributed by atoms with E-state index in [1.807, 2.05) is 18.3 Å². The monoisotopic (exact) mass is 642 g/mol. The molecule has 1 atom stereocenters. The summed E-state index contributed by atoms with van der Waals surface area (Å²) in [7, 11) is 1.55. The second-order valence-corrected chi connectivity index (χ2v) is 12.4. The van der Waals surface area contributed by atoms with E-state index in [9.17, 15) is 14.4 Å². The number of benzene rings is 1. The lowest BCUT2D eigenvalue weighted by molar-refractivity contribution is 0.0771. The number of alkyl halides is 1. The molecule has 6 aromatic rings. The van der Waals surface area contributed by atoms with Crippen LogP contribution in [0.15, 0.2) is 79.3 Å². The van der Waals surface area contributed by atoms with E-state index in [4.69, 9.17) is 20.4 Å². The zero-order chi connectivity index (χ0) is 32.9. The number of allylic oxidation sites excluding steroid dienone is 1. The molecule has 0 saturated heterocycles. The third-order valence-corrected chi connectivity index (χ3v) is 8.82. The van der Waals surface area contributed by atoms with Gasteiger partial charge in [0.15, 0.2) is 5.82 Å². The number of hydrogen-bond donors (Lipinski definition) is 1. The van der Waals surface area contributed by atoms with Crippen molar-refractivity contribution in [1.29, 1.82) is 5.26 Å². The Hall–Kier alpha value is -6.03. The summed E-state index contributed by atoms with van der Waals surface area (Å²) < 4.78 is 26.3. The zero-order valence-electron chi connectivity index (χ0n) is 26.1. The summed E-state index contributed by atoms with van der Waals surface area (Å²) in [5, 5.41) is 14.9. The molecule has 240 valence electrons. The summed E-state index contributed by atoms with van der Waals surface area (Å²) >= 11 is 0. The van der Waals surface area contributed by atoms with Crippen molar-refractivity contribution in [2.75, 3.05) is 13.7 Å². The molecule has 1 aliphatic heterocycles. The van der Waals surface area contributed by atoms with Crippen molar-refractivity contribution in [2.45, 2.75) is 38.5 Å². The zero-order valence-corrected chi connectivity index (χ0v) is 26.1. The second-order valence-electron chi connectivity index (χ2n) is 12.4. The van der Waals surface area contributed by atoms with Gasteiger partial charge in [-0.15, -0.1) is 0 Å². The Balaban J connectivity index is 1.29. The average molecular weight is 643 g/mol. The number of nitriles is 1. The van der Waals surface area contributed by atoms with E-state index in [1.165, 1.54) is 17.3 Å². The maximum absolute atomic E-state index is 14.4. The SMILES string of the molecule is COc1cc(C(=O)N2C=C(N)C[C@@H](F)C2)cc2nc(-c3cc4cccnc4n3CC3CC3)n(Cc3cnn(-c4cncc(C#N)c4)c3)c12. The lowest BCUT2D eigenvalue weighted by Gasteiger charge is -2.26. The van der Waals surface area contributed by atoms with Gasteiger partial charge < -0.3 is 24.5 Å². The molecule has 0 unspecified atom stereocenters. The van der Waals surface area contributed by atoms with Crippen molar-refractivity contribution >= 4 is 28.0 Å². The largest absolute Gasteiger partial charge is 0.494 e. The molecule has 0 spiro atoms. The molecular formula is C35H31FN10O2. The standard InChI is InChI=1S/C35H31FN10O2/c1-48-31-10-25(35(47)43-19-26(36)11-27(38)20-43)8-29-32(31)45(17-23-14-41-46(18-23)28-7-22(12-37)13-39-15-28)34(42-29)30-9-24-3-2-6-40-33(24)44(30)16-21-4-5-21/h2-3,6-10,13-15,18,20-21,26H,4-5,11,16-17,19,38H2,1H3/t26-/m1/s1. The van der Waals surface area contributed by atoms with Crippen LogP contribution in [-0.4, -0.2) is 64.5 Å². The van der Waals surface area contributed by atoms with E-state index in [1.54, 1.807) is 48.6 Å². The van der Waals surface area contributed by atoms with Crippen LogP contribution >= 0.6 is 0 Å². The lowest BCUT2D eigenvalue weighted by Crippen LogP contribution is -2.37. The van der Waals surface area contributed by atoms with Crippen LogP contribution in [0.1, 0.15) is 40.7 Å². The first-order valence-electron chi connectivity index (χ1n) is 15.7. The molecule has 0 radical (unpaired) electrons. The van der Waals surface area contributed by atoms with E-state index in [0.717, 1.165) is 41.7 Å². The molecular weight excluding hydrogens is 611 g/mol. The van der Waals surface area contributed by atoms with Crippen LogP contribution in [0.5, 0.6) is 5.75 Å². The molecule has 0 bridgehead atoms. The van der Waals surface area contributed by atoms with Crippen molar-refractivity contribution in [1.82, 2.24) is 38.8 Å². The second kappa shape index (κ2) is 11.6. The van der Waals surface area contributed by atoms with Crippen LogP contribution in [0.3, 0.4) is 0 Å². The van der Waals surface area contributed by atoms with Crippen LogP contribution in [0, 0.1) is 17.2 Å². The normalized spacial score (nSPS) is 16.3. The van der Waals surface area contributed by atoms with Crippen molar-refractivity contribution in [3.8, 4) is 29.0 Å². The van der Waals surface area contributed by atoms with E-state index < -0.39 is 12.1 Å². The van der Waals surface area contributed by atoms with Crippen LogP contribution in [0.2, 0.25) is 0 Å². The minimum atomic E-state index is -1.24. The van der Waals surface area contributed by atoms with Gasteiger partial charge in [-0.25, -0.2) is 19.0 Å². The summed E-state index contributed by atoms with van der Waals surface area (Å²) in [5.41, 5.74) is 11.5. The van der Waals surface area contributed by atoms with E-state index in [-0.39, 0.29) is 13.0 Å². The Morgan fingerprint density at radius 2 is 2.04 bits per heavy atom. The minimum Gasteiger partial charge on any atom is -0.494 e. The number of hydrogen-bond acceptors (Lipinski definition) is 8. The van der Waals surface area contributed by atoms with Crippen molar-refractivity contribution in [2.24, 2.45) is 11.7 Å². The fourth-order valence-corrected chi connectivity index (χ4v) is 6.40. The van der Waals surface area contributed by atoms with E-state index in [0.29, 0.717) is 57.6 Å². The van der Waals surface area contributed by atoms with Gasteiger partial charge in [-0.05, 0) is 55.2 Å². The van der Waals surface area contributed by atoms with Crippen molar-refractivity contribution in [3.63, 3.8) is 0 Å². The predicted molar refractivity (Wildman–Crippen MR) is 176 cm³/mol. The van der Waals surface area contributed by atoms with Gasteiger partial charge in [-0.3, -0.25) is 9.78 Å². The number of carbonyl (C=O) groups is 1. The number of nitrogens with two attached hydrogens (primary N) is 1. The Morgan fingerprint density at radius 1 is 1.17 bits per heavy atom. The number of nitrogens with zero attached hydrogens (tertiary/aromatic N) is 9. The van der Waals surface area contributed by atoms with Gasteiger partial charge in [0.05, 0.1) is 55.1 Å². The summed E-state index contributed by atoms with van der Waals surface area (Å²) in [6.45, 7) is 1.10. The van der Waals surface area contributed by atoms with Gasteiger partial charge in [0.1, 0.15) is 29.2 Å². The van der Waals surface area contributed by atoms with Crippen LogP contribution < -0.4 is 10.5 Å². The Labute approximate surface area is 274 Å². The van der Waals surface area contributed by atoms with E-state index in [2.05, 4.69) is 31.4 Å². The van der Waals surface area contributed by atoms with Crippen LogP contribution in [0.4, 0.5) is 4.39 Å². The molecule has 48 heavy (non-hydrogen) atoms. The van der Waals surface area contributed by atoms with Crippen LogP contribution in [0.25, 0.3) is 39.3 Å². The quantitative estimate of drug-likeness (QED) is 0.245. The van der Waals surface area contributed by atoms with Crippen LogP contribution in [-0.2, 0) is 13.1 Å². The lowest BCUT2D eigenvalue weighted by atomic mass is 10.1. The fraction of sp³-hybridized carbons (Fsp3) is 0.257. The number of carbonyl (C=O) groups excluding carboxylic acids is 1. The number of ether oxygens (including phenoxy) is 1. The molecule has 13 heteroatoms. The highest BCUT2D eigenvalue weighted by Crippen LogP contribution is 2.38. The van der Waals surface area contributed by atoms with Crippen molar-refractivity contribution < 1.29 is 13.9 Å². The van der Waals surface area contributed by atoms with Crippen molar-refractivity contribution in [3.05, 3.63) is 96.0 Å². The Morgan fingerprint density at radius 3 is 2.83 bits per heavy atom. The third-order valence-electron chi connectivity index (χ3n) is 8.82. The van der Waals surface area contributed by atoms with Gasteiger partial charge in [0.2, 0.25) is 0 Å². The van der Waals surface area contributed by atoms with Gasteiger partial charge in [-0.1, -0.05) is 0 Å². The van der Waals surface area contributed by atoms with E-state index >= 15 is 0 Å². The molecule has 1 aromatic carbocycles. The molecule has 1 aliphatic carbocycles. The number of fused-ring (bicyclic) bond motifs is 2. The highest BCUT2D eigenvalue weighted by atomic mass is 19.1. The molecule has 6 heterocycles. The van der Waals surface area contributed by atoms with Gasteiger partial charge in [-0.2, -0.15) is 10.4 Å². The number of aromatic nitrogens is 7. The Bertz CT molecular complexity index is 2290. The summed E-state index contributed by atoms with van der Waals surface area (Å²) in [5.74, 6) is 1.30. The topological polar surface area (TPSA) is 146 Å². The highest BCUT2D eigenvalue weighted by molar-refractivity contribution is 6.00. The number of rotatable bonds is 8. The molecule has 1 fully saturated rings. The first-order chi connectivity index (χ1) is 23.4. The molecule has 5 aromatic heterocycles. The highest BCUT2D eigenvalue weighted by Gasteiger charge is 2.29. The third kappa shape index (κ3) is 5.30. The molecule has 2 aliphatic rings. The van der Waals surface area contributed by atoms with Gasteiger partial charge in [0.25, 0.3) is 5.91 Å². The summed E-state index contributed by atoms with van der Waals surface area (Å²) in [6.07, 6.45) is 11.3. The summed E-state index contributed by atoms with van der Waals surface area (Å²) in [6, 6.07) is 13.3. The number of methoxy groups -OCH3 is 1. The predicted octanol–water partition coefficient (Wildman–Crippen LogP) is 4.96. The Kier molecular flexibility index (Phi) is 7.13. The average Bonchev–Trinajstić information content (AvgIpc) is 3.50. The molecule has 1 amide bonds. The maximum Gasteiger partial charge on any atom is 0.258 e. The smallest absolute Gasteiger partial charge is 0.258 e. The van der Waals surface area contributed by atoms with Gasteiger partial charge in [0, 0.05) is 60.0 Å². The molecule has 8 rings (SSSR count). The fourth-order valence-electron chi connectivity index (χ4n) is 6.40. The number of imidazole rings is 1. The number of pyridine rings is 2.